The third-order valence-electron chi connectivity index (χ3n) is 4.18. The van der Waals surface area contributed by atoms with Gasteiger partial charge in [0.15, 0.2) is 0 Å². The van der Waals surface area contributed by atoms with Gasteiger partial charge in [-0.25, -0.2) is 17.6 Å². The highest BCUT2D eigenvalue weighted by atomic mass is 19.4. The molecule has 0 radical (unpaired) electrons. The highest BCUT2D eigenvalue weighted by Gasteiger charge is 2.24. The summed E-state index contributed by atoms with van der Waals surface area (Å²) in [5.74, 6) is -3.02. The molecule has 0 heterocycles. The highest BCUT2D eigenvalue weighted by molar-refractivity contribution is 5.73. The van der Waals surface area contributed by atoms with Crippen LogP contribution in [0.3, 0.4) is 0 Å². The van der Waals surface area contributed by atoms with Crippen LogP contribution in [0, 0.1) is 35.1 Å². The molecular weight excluding hydrogens is 409 g/mol. The van der Waals surface area contributed by atoms with Gasteiger partial charge in [0.1, 0.15) is 23.3 Å². The lowest BCUT2D eigenvalue weighted by Crippen LogP contribution is -2.03. The van der Waals surface area contributed by atoms with E-state index in [4.69, 9.17) is 0 Å². The molecule has 30 heavy (non-hydrogen) atoms. The molecule has 0 atom stereocenters. The van der Waals surface area contributed by atoms with Gasteiger partial charge in [0, 0.05) is 5.92 Å². The molecule has 0 saturated heterocycles. The molecule has 0 N–H and O–H groups in total. The van der Waals surface area contributed by atoms with Gasteiger partial charge in [-0.2, -0.15) is 13.2 Å². The van der Waals surface area contributed by atoms with Crippen molar-refractivity contribution < 1.29 is 30.7 Å². The molecule has 0 nitrogen and oxygen atoms in total. The summed E-state index contributed by atoms with van der Waals surface area (Å²) in [4.78, 5) is 0. The second-order valence-electron chi connectivity index (χ2n) is 6.20. The summed E-state index contributed by atoms with van der Waals surface area (Å²) in [6, 6.07) is 9.68. The molecule has 0 aromatic heterocycles. The van der Waals surface area contributed by atoms with Gasteiger partial charge in [0.25, 0.3) is 0 Å². The zero-order chi connectivity index (χ0) is 22.1. The third-order valence-corrected chi connectivity index (χ3v) is 4.18. The maximum Gasteiger partial charge on any atom is 0.458 e. The molecular formula is C23H11F7. The van der Waals surface area contributed by atoms with Crippen LogP contribution in [-0.2, 0) is 0 Å². The van der Waals surface area contributed by atoms with E-state index in [1.54, 1.807) is 30.3 Å². The minimum Gasteiger partial charge on any atom is -0.206 e. The van der Waals surface area contributed by atoms with Crippen LogP contribution in [0.1, 0.15) is 11.1 Å². The fourth-order valence-corrected chi connectivity index (χ4v) is 2.80. The molecule has 0 spiro atoms. The van der Waals surface area contributed by atoms with Crippen LogP contribution in [0.4, 0.5) is 30.7 Å². The molecule has 152 valence electrons. The number of alkyl halides is 3. The second-order valence-corrected chi connectivity index (χ2v) is 6.20. The Balaban J connectivity index is 2.05. The summed E-state index contributed by atoms with van der Waals surface area (Å²) < 4.78 is 93.9. The van der Waals surface area contributed by atoms with Crippen molar-refractivity contribution in [2.45, 2.75) is 6.18 Å². The molecule has 0 saturated carbocycles. The Bertz CT molecular complexity index is 1130. The second kappa shape index (κ2) is 8.07. The standard InChI is InChI=1S/C23H11F7/c1-2-13-3-5-14(6-4-13)15-9-20(26)22(21(27)10-15)16-11-18(24)17(19(25)12-16)7-8-23(28,29)30/h2-6,9-12H,1H2. The first-order valence-electron chi connectivity index (χ1n) is 8.40. The molecule has 0 bridgehead atoms. The average Bonchev–Trinajstić information content (AvgIpc) is 2.66. The first-order valence-corrected chi connectivity index (χ1v) is 8.40. The van der Waals surface area contributed by atoms with Crippen LogP contribution >= 0.6 is 0 Å². The number of hydrogen-bond acceptors (Lipinski definition) is 0. The fraction of sp³-hybridized carbons (Fsp3) is 0.0435. The van der Waals surface area contributed by atoms with Crippen LogP contribution in [0.2, 0.25) is 0 Å². The molecule has 0 aliphatic carbocycles. The Morgan fingerprint density at radius 3 is 1.67 bits per heavy atom. The first-order chi connectivity index (χ1) is 14.1. The van der Waals surface area contributed by atoms with Crippen molar-refractivity contribution in [3.05, 3.63) is 89.5 Å². The molecule has 0 aliphatic heterocycles. The van der Waals surface area contributed by atoms with E-state index in [1.807, 2.05) is 0 Å². The van der Waals surface area contributed by atoms with E-state index >= 15 is 0 Å². The van der Waals surface area contributed by atoms with Gasteiger partial charge >= 0.3 is 6.18 Å². The van der Waals surface area contributed by atoms with Crippen molar-refractivity contribution in [3.8, 4) is 34.1 Å². The monoisotopic (exact) mass is 420 g/mol. The lowest BCUT2D eigenvalue weighted by atomic mass is 9.97. The van der Waals surface area contributed by atoms with Gasteiger partial charge in [0.2, 0.25) is 0 Å². The SMILES string of the molecule is C=Cc1ccc(-c2cc(F)c(-c3cc(F)c(C#CC(F)(F)F)c(F)c3)c(F)c2)cc1. The number of rotatable bonds is 3. The zero-order valence-corrected chi connectivity index (χ0v) is 15.0. The van der Waals surface area contributed by atoms with E-state index < -0.39 is 46.1 Å². The normalized spacial score (nSPS) is 11.0. The van der Waals surface area contributed by atoms with Gasteiger partial charge in [-0.1, -0.05) is 42.8 Å². The maximum atomic E-state index is 14.6. The summed E-state index contributed by atoms with van der Waals surface area (Å²) in [6.07, 6.45) is -3.35. The van der Waals surface area contributed by atoms with Gasteiger partial charge < -0.3 is 0 Å². The Morgan fingerprint density at radius 1 is 0.700 bits per heavy atom. The van der Waals surface area contributed by atoms with Gasteiger partial charge in [-0.15, -0.1) is 0 Å². The van der Waals surface area contributed by atoms with Gasteiger partial charge in [-0.05, 0) is 46.5 Å². The molecule has 0 amide bonds. The third kappa shape index (κ3) is 4.54. The number of benzene rings is 3. The van der Waals surface area contributed by atoms with Crippen LogP contribution < -0.4 is 0 Å². The number of hydrogen-bond donors (Lipinski definition) is 0. The topological polar surface area (TPSA) is 0 Å². The summed E-state index contributed by atoms with van der Waals surface area (Å²) in [6.45, 7) is 3.61. The fourth-order valence-electron chi connectivity index (χ4n) is 2.80. The van der Waals surface area contributed by atoms with Crippen molar-refractivity contribution in [2.75, 3.05) is 0 Å². The molecule has 0 fully saturated rings. The Kier molecular flexibility index (Phi) is 5.70. The van der Waals surface area contributed by atoms with Crippen molar-refractivity contribution in [2.24, 2.45) is 0 Å². The maximum absolute atomic E-state index is 14.6. The minimum atomic E-state index is -4.95. The van der Waals surface area contributed by atoms with Crippen LogP contribution in [0.5, 0.6) is 0 Å². The molecule has 3 aromatic rings. The molecule has 0 unspecified atom stereocenters. The van der Waals surface area contributed by atoms with E-state index in [0.29, 0.717) is 17.7 Å². The highest BCUT2D eigenvalue weighted by Crippen LogP contribution is 2.33. The summed E-state index contributed by atoms with van der Waals surface area (Å²) >= 11 is 0. The van der Waals surface area contributed by atoms with Crippen molar-refractivity contribution in [3.63, 3.8) is 0 Å². The summed E-state index contributed by atoms with van der Waals surface area (Å²) in [5.41, 5.74) is -0.870. The first kappa shape index (κ1) is 21.2. The molecule has 7 heteroatoms. The van der Waals surface area contributed by atoms with Crippen molar-refractivity contribution >= 4 is 6.08 Å². The lowest BCUT2D eigenvalue weighted by molar-refractivity contribution is -0.0696. The molecule has 0 aliphatic rings. The Hall–Kier alpha value is -3.53. The van der Waals surface area contributed by atoms with E-state index in [2.05, 4.69) is 6.58 Å². The van der Waals surface area contributed by atoms with Crippen molar-refractivity contribution in [1.82, 2.24) is 0 Å². The van der Waals surface area contributed by atoms with Crippen LogP contribution in [-0.4, -0.2) is 6.18 Å². The largest absolute Gasteiger partial charge is 0.458 e. The van der Waals surface area contributed by atoms with Gasteiger partial charge in [0.05, 0.1) is 11.1 Å². The minimum absolute atomic E-state index is 0.193. The van der Waals surface area contributed by atoms with Crippen LogP contribution in [0.25, 0.3) is 28.3 Å². The summed E-state index contributed by atoms with van der Waals surface area (Å²) in [7, 11) is 0. The van der Waals surface area contributed by atoms with E-state index in [0.717, 1.165) is 23.6 Å². The van der Waals surface area contributed by atoms with Crippen molar-refractivity contribution in [1.29, 1.82) is 0 Å². The lowest BCUT2D eigenvalue weighted by Gasteiger charge is -2.10. The quantitative estimate of drug-likeness (QED) is 0.312. The Morgan fingerprint density at radius 2 is 1.20 bits per heavy atom. The smallest absolute Gasteiger partial charge is 0.206 e. The van der Waals surface area contributed by atoms with Gasteiger partial charge in [-0.3, -0.25) is 0 Å². The zero-order valence-electron chi connectivity index (χ0n) is 15.0. The van der Waals surface area contributed by atoms with Crippen LogP contribution in [0.15, 0.2) is 55.1 Å². The average molecular weight is 420 g/mol. The molecule has 3 aromatic carbocycles. The summed E-state index contributed by atoms with van der Waals surface area (Å²) in [5, 5.41) is 0. The predicted molar refractivity (Wildman–Crippen MR) is 100 cm³/mol. The Labute approximate surface area is 167 Å². The van der Waals surface area contributed by atoms with E-state index in [1.165, 1.54) is 5.92 Å². The number of halogens is 7. The molecule has 3 rings (SSSR count). The van der Waals surface area contributed by atoms with E-state index in [9.17, 15) is 30.7 Å². The predicted octanol–water partition coefficient (Wildman–Crippen LogP) is 7.13. The van der Waals surface area contributed by atoms with E-state index in [-0.39, 0.29) is 5.56 Å².